The van der Waals surface area contributed by atoms with E-state index in [0.29, 0.717) is 0 Å². The minimum atomic E-state index is -0.324. The fourth-order valence-corrected chi connectivity index (χ4v) is 3.15. The first-order valence-corrected chi connectivity index (χ1v) is 6.82. The average molecular weight is 265 g/mol. The maximum absolute atomic E-state index is 10.8. The van der Waals surface area contributed by atoms with Crippen molar-refractivity contribution in [2.24, 2.45) is 0 Å². The summed E-state index contributed by atoms with van der Waals surface area (Å²) < 4.78 is 6.70. The summed E-state index contributed by atoms with van der Waals surface area (Å²) in [6.45, 7) is 0. The quantitative estimate of drug-likeness (QED) is 0.484. The number of aromatic nitrogens is 1. The van der Waals surface area contributed by atoms with E-state index in [1.165, 1.54) is 17.9 Å². The van der Waals surface area contributed by atoms with Crippen molar-refractivity contribution in [3.63, 3.8) is 0 Å². The summed E-state index contributed by atoms with van der Waals surface area (Å²) in [5, 5.41) is 0. The molecule has 0 aliphatic rings. The number of esters is 1. The molecule has 1 aromatic carbocycles. The zero-order valence-electron chi connectivity index (χ0n) is 9.25. The van der Waals surface area contributed by atoms with Crippen LogP contribution in [0.2, 0.25) is 0 Å². The Morgan fingerprint density at radius 1 is 1.53 bits per heavy atom. The van der Waals surface area contributed by atoms with Gasteiger partial charge in [-0.3, -0.25) is 0 Å². The first-order valence-electron chi connectivity index (χ1n) is 5.02. The van der Waals surface area contributed by atoms with Gasteiger partial charge in [-0.1, -0.05) is 30.0 Å². The smallest absolute Gasteiger partial charge is 0.330 e. The van der Waals surface area contributed by atoms with Crippen molar-refractivity contribution >= 4 is 39.3 Å². The van der Waals surface area contributed by atoms with Crippen LogP contribution < -0.4 is 0 Å². The summed E-state index contributed by atoms with van der Waals surface area (Å²) in [6.07, 6.45) is 3.21. The minimum absolute atomic E-state index is 0.324. The molecule has 0 unspecified atom stereocenters. The summed E-state index contributed by atoms with van der Waals surface area (Å²) in [4.78, 5) is 15.3. The van der Waals surface area contributed by atoms with Crippen LogP contribution in [-0.4, -0.2) is 23.8 Å². The third kappa shape index (κ3) is 3.31. The van der Waals surface area contributed by atoms with Crippen molar-refractivity contribution in [2.75, 3.05) is 12.9 Å². The summed E-state index contributed by atoms with van der Waals surface area (Å²) >= 11 is 3.28. The number of methoxy groups -OCH3 is 1. The number of rotatable bonds is 4. The third-order valence-electron chi connectivity index (χ3n) is 2.03. The van der Waals surface area contributed by atoms with Crippen LogP contribution in [-0.2, 0) is 9.53 Å². The third-order valence-corrected chi connectivity index (χ3v) is 4.16. The molecule has 88 valence electrons. The van der Waals surface area contributed by atoms with Gasteiger partial charge in [-0.2, -0.15) is 0 Å². The molecule has 1 aromatic heterocycles. The molecule has 0 saturated heterocycles. The van der Waals surface area contributed by atoms with Crippen LogP contribution in [0.15, 0.2) is 40.8 Å². The largest absolute Gasteiger partial charge is 0.466 e. The van der Waals surface area contributed by atoms with E-state index in [1.54, 1.807) is 29.2 Å². The normalized spacial score (nSPS) is 11.1. The Labute approximate surface area is 108 Å². The summed E-state index contributed by atoms with van der Waals surface area (Å²) in [5.74, 6) is 0.393. The Morgan fingerprint density at radius 2 is 2.35 bits per heavy atom. The van der Waals surface area contributed by atoms with Gasteiger partial charge in [-0.05, 0) is 12.1 Å². The second kappa shape index (κ2) is 5.84. The molecule has 0 aliphatic heterocycles. The number of thiazole rings is 1. The Hall–Kier alpha value is -1.33. The van der Waals surface area contributed by atoms with Gasteiger partial charge in [0.25, 0.3) is 0 Å². The molecule has 0 atom stereocenters. The van der Waals surface area contributed by atoms with Crippen LogP contribution in [0.3, 0.4) is 0 Å². The van der Waals surface area contributed by atoms with Gasteiger partial charge in [-0.25, -0.2) is 9.78 Å². The molecule has 2 aromatic rings. The molecule has 17 heavy (non-hydrogen) atoms. The molecule has 0 aliphatic carbocycles. The van der Waals surface area contributed by atoms with Gasteiger partial charge in [0.05, 0.1) is 17.3 Å². The van der Waals surface area contributed by atoms with Gasteiger partial charge < -0.3 is 4.74 Å². The molecule has 5 heteroatoms. The molecule has 0 saturated carbocycles. The van der Waals surface area contributed by atoms with Gasteiger partial charge in [0.1, 0.15) is 0 Å². The SMILES string of the molecule is COC(=O)/C=C/CSc1nc2ccccc2s1. The van der Waals surface area contributed by atoms with E-state index in [2.05, 4.69) is 15.8 Å². The number of benzene rings is 1. The zero-order valence-corrected chi connectivity index (χ0v) is 10.9. The average Bonchev–Trinajstić information content (AvgIpc) is 2.76. The van der Waals surface area contributed by atoms with Crippen LogP contribution in [0.4, 0.5) is 0 Å². The number of fused-ring (bicyclic) bond motifs is 1. The highest BCUT2D eigenvalue weighted by molar-refractivity contribution is 8.01. The van der Waals surface area contributed by atoms with E-state index in [1.807, 2.05) is 18.2 Å². The van der Waals surface area contributed by atoms with Gasteiger partial charge in [0.15, 0.2) is 4.34 Å². The molecule has 0 radical (unpaired) electrons. The maximum atomic E-state index is 10.8. The van der Waals surface area contributed by atoms with E-state index in [4.69, 9.17) is 0 Å². The van der Waals surface area contributed by atoms with Crippen LogP contribution in [0, 0.1) is 0 Å². The van der Waals surface area contributed by atoms with E-state index in [0.717, 1.165) is 15.6 Å². The summed E-state index contributed by atoms with van der Waals surface area (Å²) in [5.41, 5.74) is 1.02. The maximum Gasteiger partial charge on any atom is 0.330 e. The van der Waals surface area contributed by atoms with Crippen LogP contribution in [0.25, 0.3) is 10.2 Å². The molecule has 0 amide bonds. The van der Waals surface area contributed by atoms with Gasteiger partial charge in [-0.15, -0.1) is 11.3 Å². The van der Waals surface area contributed by atoms with E-state index in [9.17, 15) is 4.79 Å². The Balaban J connectivity index is 1.95. The van der Waals surface area contributed by atoms with E-state index >= 15 is 0 Å². The lowest BCUT2D eigenvalue weighted by Gasteiger charge is -1.90. The highest BCUT2D eigenvalue weighted by atomic mass is 32.2. The fraction of sp³-hybridized carbons (Fsp3) is 0.167. The summed E-state index contributed by atoms with van der Waals surface area (Å²) in [7, 11) is 1.37. The predicted molar refractivity (Wildman–Crippen MR) is 71.5 cm³/mol. The van der Waals surface area contributed by atoms with Crippen LogP contribution in [0.1, 0.15) is 0 Å². The number of hydrogen-bond acceptors (Lipinski definition) is 5. The number of carbonyl (C=O) groups is 1. The predicted octanol–water partition coefficient (Wildman–Crippen LogP) is 3.12. The van der Waals surface area contributed by atoms with Gasteiger partial charge in [0.2, 0.25) is 0 Å². The molecular formula is C12H11NO2S2. The molecular weight excluding hydrogens is 254 g/mol. The lowest BCUT2D eigenvalue weighted by atomic mass is 10.3. The Bertz CT molecular complexity index is 515. The lowest BCUT2D eigenvalue weighted by Crippen LogP contribution is -1.93. The number of hydrogen-bond donors (Lipinski definition) is 0. The lowest BCUT2D eigenvalue weighted by molar-refractivity contribution is -0.134. The standard InChI is InChI=1S/C12H11NO2S2/c1-15-11(14)7-4-8-16-12-13-9-5-2-3-6-10(9)17-12/h2-7H,8H2,1H3/b7-4+. The topological polar surface area (TPSA) is 39.2 Å². The summed E-state index contributed by atoms with van der Waals surface area (Å²) in [6, 6.07) is 8.04. The van der Waals surface area contributed by atoms with Crippen molar-refractivity contribution in [3.8, 4) is 0 Å². The monoisotopic (exact) mass is 265 g/mol. The first kappa shape index (κ1) is 12.1. The highest BCUT2D eigenvalue weighted by Gasteiger charge is 2.02. The first-order chi connectivity index (χ1) is 8.29. The number of nitrogens with zero attached hydrogens (tertiary/aromatic N) is 1. The number of carbonyl (C=O) groups excluding carboxylic acids is 1. The van der Waals surface area contributed by atoms with Crippen LogP contribution >= 0.6 is 23.1 Å². The number of para-hydroxylation sites is 1. The van der Waals surface area contributed by atoms with E-state index in [-0.39, 0.29) is 5.97 Å². The van der Waals surface area contributed by atoms with Crippen molar-refractivity contribution < 1.29 is 9.53 Å². The van der Waals surface area contributed by atoms with Gasteiger partial charge >= 0.3 is 5.97 Å². The zero-order chi connectivity index (χ0) is 12.1. The molecule has 3 nitrogen and oxygen atoms in total. The fourth-order valence-electron chi connectivity index (χ4n) is 1.24. The molecule has 0 spiro atoms. The Morgan fingerprint density at radius 3 is 3.12 bits per heavy atom. The van der Waals surface area contributed by atoms with E-state index < -0.39 is 0 Å². The van der Waals surface area contributed by atoms with Crippen LogP contribution in [0.5, 0.6) is 0 Å². The minimum Gasteiger partial charge on any atom is -0.466 e. The molecule has 0 N–H and O–H groups in total. The number of thioether (sulfide) groups is 1. The van der Waals surface area contributed by atoms with Gasteiger partial charge in [0, 0.05) is 11.8 Å². The molecule has 0 bridgehead atoms. The number of ether oxygens (including phenoxy) is 1. The molecule has 2 rings (SSSR count). The second-order valence-electron chi connectivity index (χ2n) is 3.18. The van der Waals surface area contributed by atoms with Crippen molar-refractivity contribution in [1.29, 1.82) is 0 Å². The molecule has 0 fully saturated rings. The van der Waals surface area contributed by atoms with Crippen molar-refractivity contribution in [3.05, 3.63) is 36.4 Å². The second-order valence-corrected chi connectivity index (χ2v) is 5.48. The Kier molecular flexibility index (Phi) is 4.17. The van der Waals surface area contributed by atoms with Crippen molar-refractivity contribution in [1.82, 2.24) is 4.98 Å². The van der Waals surface area contributed by atoms with Crippen molar-refractivity contribution in [2.45, 2.75) is 4.34 Å². The highest BCUT2D eigenvalue weighted by Crippen LogP contribution is 2.29. The molecule has 1 heterocycles.